The molecule has 1 N–H and O–H groups in total. The molecule has 0 unspecified atom stereocenters. The number of rotatable bonds is 2. The molecule has 0 amide bonds. The highest BCUT2D eigenvalue weighted by atomic mass is 16.3. The van der Waals surface area contributed by atoms with Crippen LogP contribution in [0.1, 0.15) is 39.0 Å². The van der Waals surface area contributed by atoms with Gasteiger partial charge in [0.2, 0.25) is 0 Å². The Kier molecular flexibility index (Phi) is 3.40. The molecule has 3 heteroatoms. The summed E-state index contributed by atoms with van der Waals surface area (Å²) < 4.78 is 1.92. The first-order valence-electron chi connectivity index (χ1n) is 6.73. The third kappa shape index (κ3) is 2.50. The van der Waals surface area contributed by atoms with Crippen molar-refractivity contribution in [3.05, 3.63) is 35.5 Å². The molecule has 0 radical (unpaired) electrons. The van der Waals surface area contributed by atoms with Gasteiger partial charge in [-0.15, -0.1) is 0 Å². The summed E-state index contributed by atoms with van der Waals surface area (Å²) in [5.41, 5.74) is 3.62. The van der Waals surface area contributed by atoms with Crippen LogP contribution in [0, 0.1) is 6.92 Å². The summed E-state index contributed by atoms with van der Waals surface area (Å²) in [6.07, 6.45) is 0.730. The third-order valence-corrected chi connectivity index (χ3v) is 3.23. The van der Waals surface area contributed by atoms with Crippen LogP contribution in [0.4, 0.5) is 0 Å². The molecule has 0 bridgehead atoms. The van der Waals surface area contributed by atoms with Crippen LogP contribution in [-0.4, -0.2) is 14.9 Å². The molecular weight excluding hydrogens is 236 g/mol. The molecule has 1 aromatic carbocycles. The molecule has 0 saturated heterocycles. The summed E-state index contributed by atoms with van der Waals surface area (Å²) in [5, 5.41) is 15.0. The Morgan fingerprint density at radius 3 is 2.21 bits per heavy atom. The highest BCUT2D eigenvalue weighted by Gasteiger charge is 2.24. The third-order valence-electron chi connectivity index (χ3n) is 3.23. The summed E-state index contributed by atoms with van der Waals surface area (Å²) >= 11 is 0. The average molecular weight is 258 g/mol. The number of aromatic hydroxyl groups is 1. The first-order valence-corrected chi connectivity index (χ1v) is 6.73. The van der Waals surface area contributed by atoms with E-state index in [2.05, 4.69) is 44.9 Å². The van der Waals surface area contributed by atoms with E-state index in [1.165, 1.54) is 5.56 Å². The van der Waals surface area contributed by atoms with Gasteiger partial charge in [0, 0.05) is 5.56 Å². The summed E-state index contributed by atoms with van der Waals surface area (Å²) in [6, 6.07) is 8.18. The standard InChI is InChI=1S/C16H22N2O/c1-6-13-15(19)14(18(17-13)16(3,4)5)12-9-7-11(2)8-10-12/h7-10,19H,6H2,1-5H3. The van der Waals surface area contributed by atoms with Gasteiger partial charge in [-0.05, 0) is 34.1 Å². The van der Waals surface area contributed by atoms with Crippen molar-refractivity contribution in [3.8, 4) is 17.0 Å². The zero-order chi connectivity index (χ0) is 14.2. The van der Waals surface area contributed by atoms with Gasteiger partial charge >= 0.3 is 0 Å². The quantitative estimate of drug-likeness (QED) is 0.887. The Balaban J connectivity index is 2.67. The average Bonchev–Trinajstić information content (AvgIpc) is 2.67. The highest BCUT2D eigenvalue weighted by Crippen LogP contribution is 2.36. The van der Waals surface area contributed by atoms with Crippen molar-refractivity contribution in [1.82, 2.24) is 9.78 Å². The molecule has 2 aromatic rings. The first kappa shape index (κ1) is 13.7. The van der Waals surface area contributed by atoms with Gasteiger partial charge in [0.25, 0.3) is 0 Å². The van der Waals surface area contributed by atoms with Gasteiger partial charge in [-0.1, -0.05) is 36.8 Å². The minimum atomic E-state index is -0.162. The molecule has 0 atom stereocenters. The SMILES string of the molecule is CCc1nn(C(C)(C)C)c(-c2ccc(C)cc2)c1O. The fourth-order valence-electron chi connectivity index (χ4n) is 2.15. The lowest BCUT2D eigenvalue weighted by Gasteiger charge is -2.22. The molecule has 1 heterocycles. The minimum absolute atomic E-state index is 0.162. The van der Waals surface area contributed by atoms with Gasteiger partial charge in [0.1, 0.15) is 11.4 Å². The summed E-state index contributed by atoms with van der Waals surface area (Å²) in [5.74, 6) is 0.307. The fraction of sp³-hybridized carbons (Fsp3) is 0.438. The van der Waals surface area contributed by atoms with E-state index in [0.717, 1.165) is 23.4 Å². The maximum absolute atomic E-state index is 10.4. The Labute approximate surface area is 114 Å². The van der Waals surface area contributed by atoms with Crippen molar-refractivity contribution in [2.24, 2.45) is 0 Å². The molecule has 0 aliphatic heterocycles. The van der Waals surface area contributed by atoms with E-state index in [0.29, 0.717) is 5.75 Å². The van der Waals surface area contributed by atoms with Crippen LogP contribution in [0.5, 0.6) is 5.75 Å². The summed E-state index contributed by atoms with van der Waals surface area (Å²) in [6.45, 7) is 10.3. The largest absolute Gasteiger partial charge is 0.504 e. The second-order valence-electron chi connectivity index (χ2n) is 5.95. The Morgan fingerprint density at radius 2 is 1.74 bits per heavy atom. The molecule has 19 heavy (non-hydrogen) atoms. The van der Waals surface area contributed by atoms with Gasteiger partial charge in [-0.25, -0.2) is 0 Å². The van der Waals surface area contributed by atoms with Crippen LogP contribution >= 0.6 is 0 Å². The molecule has 0 saturated carbocycles. The number of hydrogen-bond acceptors (Lipinski definition) is 2. The molecular formula is C16H22N2O. The zero-order valence-corrected chi connectivity index (χ0v) is 12.4. The van der Waals surface area contributed by atoms with Gasteiger partial charge in [0.05, 0.1) is 5.54 Å². The first-order chi connectivity index (χ1) is 8.84. The Morgan fingerprint density at radius 1 is 1.16 bits per heavy atom. The fourth-order valence-corrected chi connectivity index (χ4v) is 2.15. The number of hydrogen-bond donors (Lipinski definition) is 1. The smallest absolute Gasteiger partial charge is 0.164 e. The van der Waals surface area contributed by atoms with Gasteiger partial charge < -0.3 is 5.11 Å². The van der Waals surface area contributed by atoms with Gasteiger partial charge in [0.15, 0.2) is 5.75 Å². The van der Waals surface area contributed by atoms with Gasteiger partial charge in [-0.3, -0.25) is 4.68 Å². The van der Waals surface area contributed by atoms with Crippen LogP contribution in [0.3, 0.4) is 0 Å². The predicted octanol–water partition coefficient (Wildman–Crippen LogP) is 3.88. The molecule has 0 aliphatic rings. The molecule has 2 rings (SSSR count). The second kappa shape index (κ2) is 4.72. The van der Waals surface area contributed by atoms with E-state index in [1.807, 2.05) is 23.7 Å². The second-order valence-corrected chi connectivity index (χ2v) is 5.95. The van der Waals surface area contributed by atoms with Crippen LogP contribution in [0.25, 0.3) is 11.3 Å². The number of nitrogens with zero attached hydrogens (tertiary/aromatic N) is 2. The van der Waals surface area contributed by atoms with Gasteiger partial charge in [-0.2, -0.15) is 5.10 Å². The lowest BCUT2D eigenvalue weighted by molar-refractivity contribution is 0.356. The minimum Gasteiger partial charge on any atom is -0.504 e. The summed E-state index contributed by atoms with van der Waals surface area (Å²) in [4.78, 5) is 0. The maximum atomic E-state index is 10.4. The van der Waals surface area contributed by atoms with Crippen LogP contribution < -0.4 is 0 Å². The van der Waals surface area contributed by atoms with Crippen molar-refractivity contribution in [2.45, 2.75) is 46.6 Å². The molecule has 0 spiro atoms. The molecule has 0 fully saturated rings. The predicted molar refractivity (Wildman–Crippen MR) is 78.4 cm³/mol. The maximum Gasteiger partial charge on any atom is 0.164 e. The van der Waals surface area contributed by atoms with E-state index < -0.39 is 0 Å². The van der Waals surface area contributed by atoms with Crippen molar-refractivity contribution in [3.63, 3.8) is 0 Å². The number of aryl methyl sites for hydroxylation is 2. The van der Waals surface area contributed by atoms with E-state index in [1.54, 1.807) is 0 Å². The molecule has 3 nitrogen and oxygen atoms in total. The molecule has 0 aliphatic carbocycles. The van der Waals surface area contributed by atoms with E-state index >= 15 is 0 Å². The van der Waals surface area contributed by atoms with Crippen molar-refractivity contribution < 1.29 is 5.11 Å². The molecule has 1 aromatic heterocycles. The topological polar surface area (TPSA) is 38.0 Å². The van der Waals surface area contributed by atoms with E-state index in [-0.39, 0.29) is 5.54 Å². The lowest BCUT2D eigenvalue weighted by atomic mass is 10.0. The van der Waals surface area contributed by atoms with Crippen LogP contribution in [-0.2, 0) is 12.0 Å². The van der Waals surface area contributed by atoms with E-state index in [4.69, 9.17) is 0 Å². The lowest BCUT2D eigenvalue weighted by Crippen LogP contribution is -2.24. The van der Waals surface area contributed by atoms with Crippen LogP contribution in [0.15, 0.2) is 24.3 Å². The van der Waals surface area contributed by atoms with Crippen molar-refractivity contribution in [1.29, 1.82) is 0 Å². The monoisotopic (exact) mass is 258 g/mol. The summed E-state index contributed by atoms with van der Waals surface area (Å²) in [7, 11) is 0. The highest BCUT2D eigenvalue weighted by molar-refractivity contribution is 5.68. The zero-order valence-electron chi connectivity index (χ0n) is 12.4. The molecule has 102 valence electrons. The normalized spacial score (nSPS) is 11.8. The van der Waals surface area contributed by atoms with Crippen molar-refractivity contribution in [2.75, 3.05) is 0 Å². The number of benzene rings is 1. The number of aromatic nitrogens is 2. The Hall–Kier alpha value is -1.77. The van der Waals surface area contributed by atoms with E-state index in [9.17, 15) is 5.11 Å². The Bertz CT molecular complexity index is 574. The van der Waals surface area contributed by atoms with Crippen LogP contribution in [0.2, 0.25) is 0 Å². The van der Waals surface area contributed by atoms with Crippen molar-refractivity contribution >= 4 is 0 Å².